The van der Waals surface area contributed by atoms with Gasteiger partial charge in [-0.2, -0.15) is 0 Å². The lowest BCUT2D eigenvalue weighted by atomic mass is 9.66. The van der Waals surface area contributed by atoms with E-state index >= 15 is 0 Å². The molecule has 3 rings (SSSR count). The lowest BCUT2D eigenvalue weighted by Gasteiger charge is -2.43. The Morgan fingerprint density at radius 1 is 1.25 bits per heavy atom. The van der Waals surface area contributed by atoms with Crippen molar-refractivity contribution in [2.24, 2.45) is 11.8 Å². The molecular weight excluding hydrogens is 314 g/mol. The van der Waals surface area contributed by atoms with Crippen molar-refractivity contribution < 1.29 is 23.9 Å². The summed E-state index contributed by atoms with van der Waals surface area (Å²) >= 11 is 0. The van der Waals surface area contributed by atoms with Crippen LogP contribution in [0.15, 0.2) is 12.1 Å². The van der Waals surface area contributed by atoms with E-state index in [0.717, 1.165) is 0 Å². The standard InChI is InChI=1S/C17H21NO6/c1-8-5-11-14(9(2)24-8)17(19)15-12(16(11)18(20)21)6-10(22-3)7-13(15)23-4/h6-9,11,14,16H,5H2,1-4H3/t8-,9+,11-,14+,16+/m0/s1. The molecule has 24 heavy (non-hydrogen) atoms. The van der Waals surface area contributed by atoms with Crippen LogP contribution in [0.5, 0.6) is 11.5 Å². The molecule has 1 aliphatic carbocycles. The Morgan fingerprint density at radius 3 is 2.54 bits per heavy atom. The number of methoxy groups -OCH3 is 2. The Morgan fingerprint density at radius 2 is 1.96 bits per heavy atom. The van der Waals surface area contributed by atoms with E-state index in [-0.39, 0.29) is 28.5 Å². The zero-order valence-electron chi connectivity index (χ0n) is 14.1. The molecule has 1 fully saturated rings. The van der Waals surface area contributed by atoms with Crippen LogP contribution in [0.4, 0.5) is 0 Å². The SMILES string of the molecule is COc1cc(OC)c2c(c1)[C@H]([N+](=O)[O-])[C@H]1C[C@H](C)O[C@H](C)[C@H]1C2=O. The van der Waals surface area contributed by atoms with Gasteiger partial charge in [0.2, 0.25) is 6.04 Å². The second kappa shape index (κ2) is 6.05. The van der Waals surface area contributed by atoms with Crippen molar-refractivity contribution in [3.63, 3.8) is 0 Å². The number of nitrogens with zero attached hydrogens (tertiary/aromatic N) is 1. The van der Waals surface area contributed by atoms with Crippen molar-refractivity contribution in [1.82, 2.24) is 0 Å². The highest BCUT2D eigenvalue weighted by molar-refractivity contribution is 6.03. The van der Waals surface area contributed by atoms with Crippen molar-refractivity contribution in [3.05, 3.63) is 33.4 Å². The number of hydrogen-bond donors (Lipinski definition) is 0. The second-order valence-electron chi connectivity index (χ2n) is 6.47. The number of Topliss-reactive ketones (excluding diaryl/α,β-unsaturated/α-hetero) is 1. The minimum atomic E-state index is -0.972. The van der Waals surface area contributed by atoms with Crippen molar-refractivity contribution in [2.75, 3.05) is 14.2 Å². The van der Waals surface area contributed by atoms with Gasteiger partial charge in [-0.3, -0.25) is 14.9 Å². The van der Waals surface area contributed by atoms with Gasteiger partial charge in [-0.1, -0.05) is 0 Å². The molecule has 0 N–H and O–H groups in total. The molecule has 7 heteroatoms. The number of carbonyl (C=O) groups excluding carboxylic acids is 1. The number of ether oxygens (including phenoxy) is 3. The average molecular weight is 335 g/mol. The van der Waals surface area contributed by atoms with Gasteiger partial charge in [0, 0.05) is 22.5 Å². The summed E-state index contributed by atoms with van der Waals surface area (Å²) in [7, 11) is 2.92. The van der Waals surface area contributed by atoms with Crippen LogP contribution in [0.25, 0.3) is 0 Å². The second-order valence-corrected chi connectivity index (χ2v) is 6.47. The molecule has 0 saturated carbocycles. The molecule has 1 heterocycles. The summed E-state index contributed by atoms with van der Waals surface area (Å²) in [5.41, 5.74) is 0.662. The molecular formula is C17H21NO6. The van der Waals surface area contributed by atoms with Crippen LogP contribution in [0.3, 0.4) is 0 Å². The number of ketones is 1. The fourth-order valence-electron chi connectivity index (χ4n) is 4.17. The smallest absolute Gasteiger partial charge is 0.242 e. The molecule has 0 amide bonds. The Bertz CT molecular complexity index is 688. The van der Waals surface area contributed by atoms with Gasteiger partial charge >= 0.3 is 0 Å². The first-order valence-electron chi connectivity index (χ1n) is 7.98. The summed E-state index contributed by atoms with van der Waals surface area (Å²) < 4.78 is 16.3. The van der Waals surface area contributed by atoms with Gasteiger partial charge in [-0.05, 0) is 26.3 Å². The van der Waals surface area contributed by atoms with Crippen LogP contribution in [0.2, 0.25) is 0 Å². The molecule has 7 nitrogen and oxygen atoms in total. The summed E-state index contributed by atoms with van der Waals surface area (Å²) in [5, 5.41) is 11.9. The van der Waals surface area contributed by atoms with Gasteiger partial charge < -0.3 is 14.2 Å². The average Bonchev–Trinajstić information content (AvgIpc) is 2.52. The highest BCUT2D eigenvalue weighted by Gasteiger charge is 2.54. The van der Waals surface area contributed by atoms with Gasteiger partial charge in [0.25, 0.3) is 0 Å². The summed E-state index contributed by atoms with van der Waals surface area (Å²) in [6, 6.07) is 2.20. The van der Waals surface area contributed by atoms with Gasteiger partial charge in [0.15, 0.2) is 5.78 Å². The van der Waals surface area contributed by atoms with Gasteiger partial charge in [0.05, 0.1) is 37.9 Å². The Hall–Kier alpha value is -2.15. The van der Waals surface area contributed by atoms with Crippen LogP contribution < -0.4 is 9.47 Å². The highest BCUT2D eigenvalue weighted by Crippen LogP contribution is 2.50. The molecule has 2 aliphatic rings. The molecule has 0 spiro atoms. The normalized spacial score (nSPS) is 31.8. The topological polar surface area (TPSA) is 87.9 Å². The zero-order valence-corrected chi connectivity index (χ0v) is 14.1. The maximum absolute atomic E-state index is 13.1. The van der Waals surface area contributed by atoms with Crippen LogP contribution in [-0.2, 0) is 4.74 Å². The van der Waals surface area contributed by atoms with E-state index in [0.29, 0.717) is 23.5 Å². The number of hydrogen-bond acceptors (Lipinski definition) is 6. The van der Waals surface area contributed by atoms with E-state index in [9.17, 15) is 14.9 Å². The van der Waals surface area contributed by atoms with E-state index in [2.05, 4.69) is 0 Å². The molecule has 0 unspecified atom stereocenters. The fraction of sp³-hybridized carbons (Fsp3) is 0.588. The predicted octanol–water partition coefficient (Wildman–Crippen LogP) is 2.65. The number of benzene rings is 1. The predicted molar refractivity (Wildman–Crippen MR) is 85.2 cm³/mol. The molecule has 0 bridgehead atoms. The molecule has 1 saturated heterocycles. The van der Waals surface area contributed by atoms with Crippen molar-refractivity contribution in [3.8, 4) is 11.5 Å². The van der Waals surface area contributed by atoms with Crippen molar-refractivity contribution in [1.29, 1.82) is 0 Å². The van der Waals surface area contributed by atoms with Crippen molar-refractivity contribution >= 4 is 5.78 Å². The van der Waals surface area contributed by atoms with E-state index in [1.54, 1.807) is 12.1 Å². The van der Waals surface area contributed by atoms with Gasteiger partial charge in [-0.15, -0.1) is 0 Å². The van der Waals surface area contributed by atoms with E-state index in [1.165, 1.54) is 14.2 Å². The monoisotopic (exact) mass is 335 g/mol. The molecule has 5 atom stereocenters. The quantitative estimate of drug-likeness (QED) is 0.623. The molecule has 130 valence electrons. The lowest BCUT2D eigenvalue weighted by molar-refractivity contribution is -0.543. The third-order valence-corrected chi connectivity index (χ3v) is 5.08. The molecule has 0 radical (unpaired) electrons. The summed E-state index contributed by atoms with van der Waals surface area (Å²) in [6.45, 7) is 3.69. The first-order valence-corrected chi connectivity index (χ1v) is 7.98. The summed E-state index contributed by atoms with van der Waals surface area (Å²) in [5.74, 6) is -0.323. The van der Waals surface area contributed by atoms with Crippen molar-refractivity contribution in [2.45, 2.75) is 38.5 Å². The molecule has 1 aromatic carbocycles. The molecule has 1 aliphatic heterocycles. The minimum Gasteiger partial charge on any atom is -0.497 e. The molecule has 0 aromatic heterocycles. The number of carbonyl (C=O) groups is 1. The van der Waals surface area contributed by atoms with Crippen LogP contribution >= 0.6 is 0 Å². The van der Waals surface area contributed by atoms with E-state index in [1.807, 2.05) is 13.8 Å². The maximum Gasteiger partial charge on any atom is 0.242 e. The summed E-state index contributed by atoms with van der Waals surface area (Å²) in [4.78, 5) is 24.7. The van der Waals surface area contributed by atoms with Gasteiger partial charge in [0.1, 0.15) is 11.5 Å². The Kier molecular flexibility index (Phi) is 4.21. The fourth-order valence-corrected chi connectivity index (χ4v) is 4.17. The van der Waals surface area contributed by atoms with Crippen LogP contribution in [-0.4, -0.2) is 37.1 Å². The minimum absolute atomic E-state index is 0.120. The van der Waals surface area contributed by atoms with E-state index in [4.69, 9.17) is 14.2 Å². The first-order chi connectivity index (χ1) is 11.4. The van der Waals surface area contributed by atoms with Gasteiger partial charge in [-0.25, -0.2) is 0 Å². The zero-order chi connectivity index (χ0) is 17.6. The lowest BCUT2D eigenvalue weighted by Crippen LogP contribution is -2.49. The molecule has 1 aromatic rings. The first kappa shape index (κ1) is 16.7. The number of fused-ring (bicyclic) bond motifs is 2. The largest absolute Gasteiger partial charge is 0.497 e. The van der Waals surface area contributed by atoms with Crippen LogP contribution in [0, 0.1) is 22.0 Å². The third-order valence-electron chi connectivity index (χ3n) is 5.08. The van der Waals surface area contributed by atoms with E-state index < -0.39 is 17.9 Å². The Labute approximate surface area is 140 Å². The maximum atomic E-state index is 13.1. The number of nitro groups is 1. The summed E-state index contributed by atoms with van der Waals surface area (Å²) in [6.07, 6.45) is -0.00930. The van der Waals surface area contributed by atoms with Crippen LogP contribution in [0.1, 0.15) is 42.2 Å². The highest BCUT2D eigenvalue weighted by atomic mass is 16.6. The third kappa shape index (κ3) is 2.43. The Balaban J connectivity index is 2.24. The number of rotatable bonds is 3.